The number of hydrogen-bond donors (Lipinski definition) is 0. The summed E-state index contributed by atoms with van der Waals surface area (Å²) >= 11 is 5.73. The lowest BCUT2D eigenvalue weighted by molar-refractivity contribution is -0.385. The summed E-state index contributed by atoms with van der Waals surface area (Å²) in [5.41, 5.74) is 2.64. The highest BCUT2D eigenvalue weighted by molar-refractivity contribution is 6.17. The Bertz CT molecular complexity index is 640. The lowest BCUT2D eigenvalue weighted by Gasteiger charge is -2.05. The molecule has 0 aliphatic carbocycles. The SMILES string of the molecule is O=Cc1cccc(-c2ccc([N+](=O)[O-])c(CCl)c2)c1. The molecule has 2 rings (SSSR count). The molecule has 0 heterocycles. The third-order valence-corrected chi connectivity index (χ3v) is 3.06. The van der Waals surface area contributed by atoms with Crippen LogP contribution in [0.2, 0.25) is 0 Å². The van der Waals surface area contributed by atoms with Crippen LogP contribution in [0.4, 0.5) is 5.69 Å². The fourth-order valence-electron chi connectivity index (χ4n) is 1.84. The molecular weight excluding hydrogens is 266 g/mol. The molecular formula is C14H10ClNO3. The number of rotatable bonds is 4. The molecule has 19 heavy (non-hydrogen) atoms. The van der Waals surface area contributed by atoms with Gasteiger partial charge in [0.1, 0.15) is 6.29 Å². The second kappa shape index (κ2) is 5.63. The van der Waals surface area contributed by atoms with E-state index < -0.39 is 4.92 Å². The van der Waals surface area contributed by atoms with Crippen LogP contribution in [0.1, 0.15) is 15.9 Å². The number of carbonyl (C=O) groups excluding carboxylic acids is 1. The molecule has 0 fully saturated rings. The maximum absolute atomic E-state index is 10.8. The van der Waals surface area contributed by atoms with Gasteiger partial charge in [0.05, 0.1) is 10.8 Å². The first kappa shape index (κ1) is 13.2. The number of alkyl halides is 1. The van der Waals surface area contributed by atoms with Gasteiger partial charge in [-0.15, -0.1) is 11.6 Å². The summed E-state index contributed by atoms with van der Waals surface area (Å²) in [5.74, 6) is 0.0670. The van der Waals surface area contributed by atoms with E-state index in [4.69, 9.17) is 11.6 Å². The zero-order valence-electron chi connectivity index (χ0n) is 9.88. The van der Waals surface area contributed by atoms with E-state index in [1.807, 2.05) is 6.07 Å². The van der Waals surface area contributed by atoms with Gasteiger partial charge in [0.15, 0.2) is 0 Å². The standard InChI is InChI=1S/C14H10ClNO3/c15-8-13-7-12(4-5-14(13)16(18)19)11-3-1-2-10(6-11)9-17/h1-7,9H,8H2. The van der Waals surface area contributed by atoms with Crippen LogP contribution >= 0.6 is 11.6 Å². The zero-order chi connectivity index (χ0) is 13.8. The molecule has 0 amide bonds. The molecule has 0 N–H and O–H groups in total. The summed E-state index contributed by atoms with van der Waals surface area (Å²) < 4.78 is 0. The van der Waals surface area contributed by atoms with E-state index in [-0.39, 0.29) is 11.6 Å². The molecule has 0 aromatic heterocycles. The van der Waals surface area contributed by atoms with Crippen LogP contribution in [-0.4, -0.2) is 11.2 Å². The van der Waals surface area contributed by atoms with Gasteiger partial charge in [-0.1, -0.05) is 18.2 Å². The smallest absolute Gasteiger partial charge is 0.273 e. The summed E-state index contributed by atoms with van der Waals surface area (Å²) in [6, 6.07) is 11.8. The Morgan fingerprint density at radius 3 is 2.53 bits per heavy atom. The predicted octanol–water partition coefficient (Wildman–Crippen LogP) is 3.81. The minimum Gasteiger partial charge on any atom is -0.298 e. The maximum atomic E-state index is 10.8. The van der Waals surface area contributed by atoms with Gasteiger partial charge in [0, 0.05) is 17.2 Å². The molecule has 0 spiro atoms. The summed E-state index contributed by atoms with van der Waals surface area (Å²) in [5, 5.41) is 10.8. The normalized spacial score (nSPS) is 10.2. The van der Waals surface area contributed by atoms with Crippen molar-refractivity contribution in [3.63, 3.8) is 0 Å². The van der Waals surface area contributed by atoms with Crippen molar-refractivity contribution in [2.24, 2.45) is 0 Å². The fourth-order valence-corrected chi connectivity index (χ4v) is 2.06. The Labute approximate surface area is 114 Å². The van der Waals surface area contributed by atoms with Gasteiger partial charge in [0.2, 0.25) is 0 Å². The zero-order valence-corrected chi connectivity index (χ0v) is 10.6. The molecule has 0 saturated carbocycles. The van der Waals surface area contributed by atoms with Crippen LogP contribution in [0.25, 0.3) is 11.1 Å². The van der Waals surface area contributed by atoms with Gasteiger partial charge in [-0.3, -0.25) is 14.9 Å². The molecule has 96 valence electrons. The van der Waals surface area contributed by atoms with Crippen LogP contribution in [-0.2, 0) is 5.88 Å². The Hall–Kier alpha value is -2.20. The largest absolute Gasteiger partial charge is 0.298 e. The minimum atomic E-state index is -0.455. The van der Waals surface area contributed by atoms with Crippen molar-refractivity contribution >= 4 is 23.6 Å². The second-order valence-corrected chi connectivity index (χ2v) is 4.24. The van der Waals surface area contributed by atoms with Crippen LogP contribution < -0.4 is 0 Å². The number of hydrogen-bond acceptors (Lipinski definition) is 3. The molecule has 5 heteroatoms. The van der Waals surface area contributed by atoms with Crippen LogP contribution in [0.3, 0.4) is 0 Å². The van der Waals surface area contributed by atoms with E-state index in [1.54, 1.807) is 30.3 Å². The Kier molecular flexibility index (Phi) is 3.92. The molecule has 0 unspecified atom stereocenters. The van der Waals surface area contributed by atoms with Gasteiger partial charge >= 0.3 is 0 Å². The van der Waals surface area contributed by atoms with Crippen molar-refractivity contribution in [3.8, 4) is 11.1 Å². The minimum absolute atomic E-state index is 0.00490. The quantitative estimate of drug-likeness (QED) is 0.369. The Morgan fingerprint density at radius 1 is 1.16 bits per heavy atom. The molecule has 0 bridgehead atoms. The molecule has 2 aromatic carbocycles. The lowest BCUT2D eigenvalue weighted by Crippen LogP contribution is -1.94. The van der Waals surface area contributed by atoms with E-state index >= 15 is 0 Å². The number of nitrogens with zero attached hydrogens (tertiary/aromatic N) is 1. The monoisotopic (exact) mass is 275 g/mol. The van der Waals surface area contributed by atoms with Gasteiger partial charge < -0.3 is 0 Å². The number of halogens is 1. The average Bonchev–Trinajstić information content (AvgIpc) is 2.46. The number of nitro benzene ring substituents is 1. The molecule has 0 aliphatic heterocycles. The fraction of sp³-hybridized carbons (Fsp3) is 0.0714. The maximum Gasteiger partial charge on any atom is 0.273 e. The van der Waals surface area contributed by atoms with Crippen molar-refractivity contribution in [1.29, 1.82) is 0 Å². The highest BCUT2D eigenvalue weighted by Gasteiger charge is 2.13. The van der Waals surface area contributed by atoms with Gasteiger partial charge in [-0.05, 0) is 29.3 Å². The van der Waals surface area contributed by atoms with Gasteiger partial charge in [-0.2, -0.15) is 0 Å². The van der Waals surface area contributed by atoms with Gasteiger partial charge in [0.25, 0.3) is 5.69 Å². The highest BCUT2D eigenvalue weighted by Crippen LogP contribution is 2.28. The van der Waals surface area contributed by atoms with E-state index in [1.165, 1.54) is 6.07 Å². The molecule has 0 aliphatic rings. The molecule has 4 nitrogen and oxygen atoms in total. The topological polar surface area (TPSA) is 60.2 Å². The van der Waals surface area contributed by atoms with Gasteiger partial charge in [-0.25, -0.2) is 0 Å². The predicted molar refractivity (Wildman–Crippen MR) is 73.5 cm³/mol. The second-order valence-electron chi connectivity index (χ2n) is 3.98. The highest BCUT2D eigenvalue weighted by atomic mass is 35.5. The van der Waals surface area contributed by atoms with Crippen molar-refractivity contribution in [2.45, 2.75) is 5.88 Å². The van der Waals surface area contributed by atoms with Crippen molar-refractivity contribution < 1.29 is 9.72 Å². The summed E-state index contributed by atoms with van der Waals surface area (Å²) in [6.45, 7) is 0. The summed E-state index contributed by atoms with van der Waals surface area (Å²) in [7, 11) is 0. The van der Waals surface area contributed by atoms with Crippen LogP contribution in [0.5, 0.6) is 0 Å². The number of benzene rings is 2. The molecule has 2 aromatic rings. The summed E-state index contributed by atoms with van der Waals surface area (Å²) in [6.07, 6.45) is 0.761. The summed E-state index contributed by atoms with van der Waals surface area (Å²) in [4.78, 5) is 21.1. The van der Waals surface area contributed by atoms with Crippen molar-refractivity contribution in [1.82, 2.24) is 0 Å². The van der Waals surface area contributed by atoms with Crippen LogP contribution in [0, 0.1) is 10.1 Å². The van der Waals surface area contributed by atoms with E-state index in [0.717, 1.165) is 17.4 Å². The van der Waals surface area contributed by atoms with E-state index in [2.05, 4.69) is 0 Å². The first-order valence-corrected chi connectivity index (χ1v) is 6.08. The molecule has 0 radical (unpaired) electrons. The Balaban J connectivity index is 2.51. The molecule has 0 atom stereocenters. The third kappa shape index (κ3) is 2.80. The third-order valence-electron chi connectivity index (χ3n) is 2.78. The number of aldehydes is 1. The Morgan fingerprint density at radius 2 is 1.89 bits per heavy atom. The van der Waals surface area contributed by atoms with E-state index in [0.29, 0.717) is 11.1 Å². The number of nitro groups is 1. The lowest BCUT2D eigenvalue weighted by atomic mass is 10.0. The van der Waals surface area contributed by atoms with Crippen LogP contribution in [0.15, 0.2) is 42.5 Å². The first-order chi connectivity index (χ1) is 9.15. The van der Waals surface area contributed by atoms with Crippen molar-refractivity contribution in [3.05, 3.63) is 63.7 Å². The van der Waals surface area contributed by atoms with Crippen molar-refractivity contribution in [2.75, 3.05) is 0 Å². The molecule has 0 saturated heterocycles. The first-order valence-electron chi connectivity index (χ1n) is 5.54. The number of carbonyl (C=O) groups is 1. The van der Waals surface area contributed by atoms with E-state index in [9.17, 15) is 14.9 Å². The average molecular weight is 276 g/mol.